The third-order valence-corrected chi connectivity index (χ3v) is 5.07. The lowest BCUT2D eigenvalue weighted by atomic mass is 10.1. The van der Waals surface area contributed by atoms with Gasteiger partial charge in [-0.1, -0.05) is 38.1 Å². The van der Waals surface area contributed by atoms with Crippen LogP contribution < -0.4 is 14.8 Å². The molecular formula is C25H29N3O3. The van der Waals surface area contributed by atoms with Crippen LogP contribution in [0.3, 0.4) is 0 Å². The number of nitrogens with zero attached hydrogens (tertiary/aromatic N) is 2. The Labute approximate surface area is 183 Å². The lowest BCUT2D eigenvalue weighted by molar-refractivity contribution is -0.111. The molecule has 31 heavy (non-hydrogen) atoms. The first kappa shape index (κ1) is 22.3. The average molecular weight is 420 g/mol. The highest BCUT2D eigenvalue weighted by atomic mass is 16.5. The van der Waals surface area contributed by atoms with Crippen molar-refractivity contribution in [1.82, 2.24) is 9.88 Å². The van der Waals surface area contributed by atoms with Gasteiger partial charge >= 0.3 is 0 Å². The number of hydrogen-bond donors (Lipinski definition) is 1. The maximum absolute atomic E-state index is 12.5. The van der Waals surface area contributed by atoms with E-state index in [1.54, 1.807) is 37.6 Å². The van der Waals surface area contributed by atoms with E-state index in [4.69, 9.17) is 9.47 Å². The second-order valence-electron chi connectivity index (χ2n) is 6.99. The summed E-state index contributed by atoms with van der Waals surface area (Å²) in [6.07, 6.45) is 5.03. The van der Waals surface area contributed by atoms with E-state index in [0.717, 1.165) is 36.1 Å². The van der Waals surface area contributed by atoms with Crippen LogP contribution in [0.1, 0.15) is 19.4 Å². The van der Waals surface area contributed by atoms with Crippen LogP contribution in [0.4, 0.5) is 5.69 Å². The van der Waals surface area contributed by atoms with Gasteiger partial charge in [-0.3, -0.25) is 9.78 Å². The molecule has 6 nitrogen and oxygen atoms in total. The number of nitrogens with one attached hydrogen (secondary N) is 1. The van der Waals surface area contributed by atoms with Gasteiger partial charge in [-0.25, -0.2) is 0 Å². The van der Waals surface area contributed by atoms with Gasteiger partial charge < -0.3 is 19.7 Å². The van der Waals surface area contributed by atoms with Crippen LogP contribution in [-0.2, 0) is 4.79 Å². The molecule has 0 saturated heterocycles. The monoisotopic (exact) mass is 419 g/mol. The van der Waals surface area contributed by atoms with E-state index in [1.807, 2.05) is 30.3 Å². The fourth-order valence-corrected chi connectivity index (χ4v) is 3.30. The molecule has 0 saturated carbocycles. The van der Waals surface area contributed by atoms with Crippen molar-refractivity contribution in [3.63, 3.8) is 0 Å². The van der Waals surface area contributed by atoms with Gasteiger partial charge in [0.15, 0.2) is 11.5 Å². The number of aromatic nitrogens is 1. The van der Waals surface area contributed by atoms with Crippen LogP contribution in [0, 0.1) is 0 Å². The predicted octanol–water partition coefficient (Wildman–Crippen LogP) is 4.62. The highest BCUT2D eigenvalue weighted by Gasteiger charge is 2.09. The van der Waals surface area contributed by atoms with Crippen molar-refractivity contribution >= 4 is 28.6 Å². The Morgan fingerprint density at radius 1 is 1.10 bits per heavy atom. The van der Waals surface area contributed by atoms with Crippen LogP contribution in [0.25, 0.3) is 17.0 Å². The summed E-state index contributed by atoms with van der Waals surface area (Å²) in [6.45, 7) is 7.58. The Hall–Kier alpha value is -3.38. The van der Waals surface area contributed by atoms with Gasteiger partial charge in [-0.05, 0) is 37.4 Å². The molecule has 2 aromatic carbocycles. The predicted molar refractivity (Wildman–Crippen MR) is 126 cm³/mol. The molecule has 0 aliphatic rings. The van der Waals surface area contributed by atoms with Gasteiger partial charge in [0.25, 0.3) is 0 Å². The first-order chi connectivity index (χ1) is 15.1. The Bertz CT molecular complexity index is 1040. The molecular weight excluding hydrogens is 390 g/mol. The van der Waals surface area contributed by atoms with E-state index < -0.39 is 0 Å². The summed E-state index contributed by atoms with van der Waals surface area (Å²) in [5.74, 6) is 1.01. The van der Waals surface area contributed by atoms with Crippen LogP contribution >= 0.6 is 0 Å². The van der Waals surface area contributed by atoms with Gasteiger partial charge in [-0.15, -0.1) is 0 Å². The zero-order chi connectivity index (χ0) is 22.1. The number of methoxy groups -OCH3 is 1. The summed E-state index contributed by atoms with van der Waals surface area (Å²) in [4.78, 5) is 19.2. The van der Waals surface area contributed by atoms with Gasteiger partial charge in [0.2, 0.25) is 5.91 Å². The second kappa shape index (κ2) is 11.1. The number of hydrogen-bond acceptors (Lipinski definition) is 5. The van der Waals surface area contributed by atoms with Crippen molar-refractivity contribution in [3.8, 4) is 11.5 Å². The molecule has 1 N–H and O–H groups in total. The number of pyridine rings is 1. The van der Waals surface area contributed by atoms with Crippen molar-refractivity contribution in [2.24, 2.45) is 0 Å². The molecule has 6 heteroatoms. The molecule has 3 aromatic rings. The minimum atomic E-state index is -0.229. The van der Waals surface area contributed by atoms with Crippen molar-refractivity contribution in [2.75, 3.05) is 38.7 Å². The van der Waals surface area contributed by atoms with Crippen molar-refractivity contribution in [1.29, 1.82) is 0 Å². The Balaban J connectivity index is 1.67. The van der Waals surface area contributed by atoms with E-state index >= 15 is 0 Å². The van der Waals surface area contributed by atoms with Crippen LogP contribution in [0.5, 0.6) is 11.5 Å². The van der Waals surface area contributed by atoms with Gasteiger partial charge in [0.1, 0.15) is 6.61 Å². The number of amides is 1. The molecule has 0 aliphatic heterocycles. The number of carbonyl (C=O) groups excluding carboxylic acids is 1. The number of likely N-dealkylation sites (N-methyl/N-ethyl adjacent to an activating group) is 1. The second-order valence-corrected chi connectivity index (χ2v) is 6.99. The molecule has 1 aromatic heterocycles. The molecule has 1 heterocycles. The van der Waals surface area contributed by atoms with Crippen LogP contribution in [0.2, 0.25) is 0 Å². The van der Waals surface area contributed by atoms with Gasteiger partial charge in [-0.2, -0.15) is 0 Å². The summed E-state index contributed by atoms with van der Waals surface area (Å²) in [6, 6.07) is 15.2. The molecule has 0 spiro atoms. The highest BCUT2D eigenvalue weighted by Crippen LogP contribution is 2.30. The smallest absolute Gasteiger partial charge is 0.248 e. The largest absolute Gasteiger partial charge is 0.493 e. The van der Waals surface area contributed by atoms with E-state index in [0.29, 0.717) is 23.8 Å². The lowest BCUT2D eigenvalue weighted by Crippen LogP contribution is -2.28. The molecule has 0 fully saturated rings. The van der Waals surface area contributed by atoms with Gasteiger partial charge in [0.05, 0.1) is 12.6 Å². The van der Waals surface area contributed by atoms with E-state index in [9.17, 15) is 4.79 Å². The molecule has 0 aliphatic carbocycles. The van der Waals surface area contributed by atoms with Crippen molar-refractivity contribution < 1.29 is 14.3 Å². The zero-order valence-electron chi connectivity index (χ0n) is 18.3. The number of ether oxygens (including phenoxy) is 2. The maximum Gasteiger partial charge on any atom is 0.248 e. The van der Waals surface area contributed by atoms with Crippen LogP contribution in [-0.4, -0.2) is 49.1 Å². The van der Waals surface area contributed by atoms with E-state index in [2.05, 4.69) is 29.0 Å². The Morgan fingerprint density at radius 2 is 1.90 bits per heavy atom. The number of fused-ring (bicyclic) bond motifs is 1. The molecule has 3 rings (SSSR count). The maximum atomic E-state index is 12.5. The normalized spacial score (nSPS) is 11.2. The molecule has 0 unspecified atom stereocenters. The number of benzene rings is 2. The fourth-order valence-electron chi connectivity index (χ4n) is 3.30. The molecule has 0 atom stereocenters. The Morgan fingerprint density at radius 3 is 2.68 bits per heavy atom. The van der Waals surface area contributed by atoms with Crippen molar-refractivity contribution in [3.05, 3.63) is 66.4 Å². The summed E-state index contributed by atoms with van der Waals surface area (Å²) >= 11 is 0. The number of carbonyl (C=O) groups is 1. The number of rotatable bonds is 10. The zero-order valence-corrected chi connectivity index (χ0v) is 18.3. The minimum Gasteiger partial charge on any atom is -0.493 e. The average Bonchev–Trinajstić information content (AvgIpc) is 2.80. The summed E-state index contributed by atoms with van der Waals surface area (Å²) in [5, 5.41) is 3.92. The Kier molecular flexibility index (Phi) is 8.01. The lowest BCUT2D eigenvalue weighted by Gasteiger charge is -2.19. The third kappa shape index (κ3) is 6.06. The molecule has 162 valence electrons. The van der Waals surface area contributed by atoms with E-state index in [-0.39, 0.29) is 5.91 Å². The van der Waals surface area contributed by atoms with Gasteiger partial charge in [0, 0.05) is 41.5 Å². The third-order valence-electron chi connectivity index (χ3n) is 5.07. The quantitative estimate of drug-likeness (QED) is 0.486. The fraction of sp³-hybridized carbons (Fsp3) is 0.280. The first-order valence-electron chi connectivity index (χ1n) is 10.5. The summed E-state index contributed by atoms with van der Waals surface area (Å²) in [7, 11) is 1.60. The molecule has 0 radical (unpaired) electrons. The number of para-hydroxylation sites is 1. The van der Waals surface area contributed by atoms with Crippen LogP contribution in [0.15, 0.2) is 60.8 Å². The first-order valence-corrected chi connectivity index (χ1v) is 10.5. The molecule has 0 bridgehead atoms. The topological polar surface area (TPSA) is 63.7 Å². The standard InChI is InChI=1S/C25H29N3O3/c1-4-28(5-2)16-17-31-23-18-21(12-13-22(23)30-3)27-24(29)14-11-20-9-6-8-19-10-7-15-26-25(19)20/h6-15,18H,4-5,16-17H2,1-3H3,(H,27,29)/b14-11+. The molecule has 1 amide bonds. The highest BCUT2D eigenvalue weighted by molar-refractivity contribution is 6.03. The number of anilines is 1. The summed E-state index contributed by atoms with van der Waals surface area (Å²) in [5.41, 5.74) is 2.40. The van der Waals surface area contributed by atoms with E-state index in [1.165, 1.54) is 6.08 Å². The SMILES string of the molecule is CCN(CC)CCOc1cc(NC(=O)/C=C/c2cccc3cccnc23)ccc1OC. The van der Waals surface area contributed by atoms with Crippen molar-refractivity contribution in [2.45, 2.75) is 13.8 Å². The minimum absolute atomic E-state index is 0.229. The summed E-state index contributed by atoms with van der Waals surface area (Å²) < 4.78 is 11.3.